The Labute approximate surface area is 138 Å². The lowest BCUT2D eigenvalue weighted by atomic mass is 9.87. The van der Waals surface area contributed by atoms with Crippen molar-refractivity contribution in [3.63, 3.8) is 0 Å². The molecule has 7 nitrogen and oxygen atoms in total. The summed E-state index contributed by atoms with van der Waals surface area (Å²) in [5.74, 6) is 0.178. The van der Waals surface area contributed by atoms with Crippen molar-refractivity contribution in [1.29, 1.82) is 0 Å². The first kappa shape index (κ1) is 15.0. The van der Waals surface area contributed by atoms with Gasteiger partial charge in [0, 0.05) is 43.2 Å². The average Bonchev–Trinajstić information content (AvgIpc) is 3.01. The number of hydrogen-bond donors (Lipinski definition) is 0. The summed E-state index contributed by atoms with van der Waals surface area (Å²) >= 11 is 0. The molecule has 0 saturated carbocycles. The predicted octanol–water partition coefficient (Wildman–Crippen LogP) is 1.85. The monoisotopic (exact) mass is 325 g/mol. The third-order valence-electron chi connectivity index (χ3n) is 4.52. The molecule has 3 aromatic rings. The average molecular weight is 325 g/mol. The molecular formula is C17H19N5O2. The summed E-state index contributed by atoms with van der Waals surface area (Å²) in [6, 6.07) is 1.63. The Morgan fingerprint density at radius 1 is 1.29 bits per heavy atom. The number of aromatic nitrogens is 5. The second kappa shape index (κ2) is 5.83. The fourth-order valence-corrected chi connectivity index (χ4v) is 3.40. The lowest BCUT2D eigenvalue weighted by molar-refractivity contribution is -0.0506. The molecular weight excluding hydrogens is 306 g/mol. The van der Waals surface area contributed by atoms with E-state index < -0.39 is 0 Å². The molecule has 0 unspecified atom stereocenters. The van der Waals surface area contributed by atoms with E-state index >= 15 is 0 Å². The van der Waals surface area contributed by atoms with Crippen molar-refractivity contribution in [2.45, 2.75) is 37.9 Å². The van der Waals surface area contributed by atoms with E-state index in [1.54, 1.807) is 29.3 Å². The molecule has 1 aliphatic heterocycles. The minimum atomic E-state index is -0.0746. The number of nitrogens with zero attached hydrogens (tertiary/aromatic N) is 5. The van der Waals surface area contributed by atoms with Crippen LogP contribution in [0.1, 0.15) is 43.0 Å². The van der Waals surface area contributed by atoms with Gasteiger partial charge in [-0.25, -0.2) is 4.98 Å². The SMILES string of the molecule is C[C@H]1C[C@@H](c2cc(=O)n3ccncc3n2)C[C@H](c2cnn(C)c2)O1. The number of ether oxygens (including phenoxy) is 1. The van der Waals surface area contributed by atoms with Gasteiger partial charge >= 0.3 is 0 Å². The largest absolute Gasteiger partial charge is 0.370 e. The first-order valence-electron chi connectivity index (χ1n) is 8.07. The number of rotatable bonds is 2. The van der Waals surface area contributed by atoms with Gasteiger partial charge in [-0.2, -0.15) is 5.10 Å². The fraction of sp³-hybridized carbons (Fsp3) is 0.412. The maximum absolute atomic E-state index is 12.3. The Morgan fingerprint density at radius 2 is 2.17 bits per heavy atom. The zero-order valence-electron chi connectivity index (χ0n) is 13.7. The molecule has 7 heteroatoms. The Bertz CT molecular complexity index is 932. The summed E-state index contributed by atoms with van der Waals surface area (Å²) in [6.45, 7) is 2.06. The highest BCUT2D eigenvalue weighted by Crippen LogP contribution is 2.39. The zero-order valence-corrected chi connectivity index (χ0v) is 13.7. The zero-order chi connectivity index (χ0) is 16.7. The molecule has 0 radical (unpaired) electrons. The van der Waals surface area contributed by atoms with Gasteiger partial charge in [-0.1, -0.05) is 0 Å². The van der Waals surface area contributed by atoms with Crippen LogP contribution in [0.15, 0.2) is 41.8 Å². The van der Waals surface area contributed by atoms with Gasteiger partial charge in [0.1, 0.15) is 0 Å². The second-order valence-electron chi connectivity index (χ2n) is 6.37. The van der Waals surface area contributed by atoms with E-state index in [0.717, 1.165) is 24.1 Å². The lowest BCUT2D eigenvalue weighted by Gasteiger charge is -2.33. The Hall–Kier alpha value is -2.54. The topological polar surface area (TPSA) is 74.3 Å². The first-order chi connectivity index (χ1) is 11.6. The molecule has 4 rings (SSSR count). The third kappa shape index (κ3) is 2.71. The normalized spacial score (nSPS) is 24.3. The molecule has 0 spiro atoms. The summed E-state index contributed by atoms with van der Waals surface area (Å²) in [5, 5.41) is 4.23. The molecule has 1 fully saturated rings. The van der Waals surface area contributed by atoms with Gasteiger partial charge in [-0.05, 0) is 19.8 Å². The van der Waals surface area contributed by atoms with E-state index in [-0.39, 0.29) is 23.7 Å². The molecule has 4 heterocycles. The summed E-state index contributed by atoms with van der Waals surface area (Å²) in [6.07, 6.45) is 10.4. The summed E-state index contributed by atoms with van der Waals surface area (Å²) < 4.78 is 9.37. The molecule has 24 heavy (non-hydrogen) atoms. The van der Waals surface area contributed by atoms with Crippen LogP contribution in [0, 0.1) is 0 Å². The van der Waals surface area contributed by atoms with Crippen LogP contribution >= 0.6 is 0 Å². The van der Waals surface area contributed by atoms with E-state index in [2.05, 4.69) is 22.0 Å². The third-order valence-corrected chi connectivity index (χ3v) is 4.52. The maximum Gasteiger partial charge on any atom is 0.258 e. The molecule has 1 aliphatic rings. The van der Waals surface area contributed by atoms with Crippen LogP contribution in [-0.4, -0.2) is 30.3 Å². The van der Waals surface area contributed by atoms with Crippen molar-refractivity contribution in [3.05, 3.63) is 58.7 Å². The summed E-state index contributed by atoms with van der Waals surface area (Å²) in [4.78, 5) is 21.0. The fourth-order valence-electron chi connectivity index (χ4n) is 3.40. The van der Waals surface area contributed by atoms with Crippen LogP contribution in [-0.2, 0) is 11.8 Å². The molecule has 3 aromatic heterocycles. The minimum Gasteiger partial charge on any atom is -0.370 e. The van der Waals surface area contributed by atoms with Gasteiger partial charge in [-0.3, -0.25) is 18.9 Å². The van der Waals surface area contributed by atoms with Gasteiger partial charge in [0.15, 0.2) is 5.65 Å². The highest BCUT2D eigenvalue weighted by atomic mass is 16.5. The standard InChI is InChI=1S/C17H19N5O2/c1-11-5-12(6-15(24-11)13-8-19-21(2)10-13)14-7-17(23)22-4-3-18-9-16(22)20-14/h3-4,7-12,15H,5-6H2,1-2H3/t11-,12+,15+/m0/s1. The van der Waals surface area contributed by atoms with Gasteiger partial charge < -0.3 is 4.74 Å². The smallest absolute Gasteiger partial charge is 0.258 e. The van der Waals surface area contributed by atoms with Crippen molar-refractivity contribution >= 4 is 5.65 Å². The maximum atomic E-state index is 12.3. The molecule has 0 aromatic carbocycles. The van der Waals surface area contributed by atoms with Crippen molar-refractivity contribution in [2.75, 3.05) is 0 Å². The number of fused-ring (bicyclic) bond motifs is 1. The van der Waals surface area contributed by atoms with Crippen LogP contribution in [0.3, 0.4) is 0 Å². The summed E-state index contributed by atoms with van der Waals surface area (Å²) in [7, 11) is 1.89. The van der Waals surface area contributed by atoms with Crippen molar-refractivity contribution in [2.24, 2.45) is 7.05 Å². The van der Waals surface area contributed by atoms with Gasteiger partial charge in [0.05, 0.1) is 30.3 Å². The molecule has 0 aliphatic carbocycles. The van der Waals surface area contributed by atoms with E-state index in [1.807, 2.05) is 19.4 Å². The van der Waals surface area contributed by atoms with Crippen LogP contribution in [0.5, 0.6) is 0 Å². The lowest BCUT2D eigenvalue weighted by Crippen LogP contribution is -2.27. The van der Waals surface area contributed by atoms with Crippen LogP contribution in [0.2, 0.25) is 0 Å². The molecule has 0 amide bonds. The van der Waals surface area contributed by atoms with Crippen LogP contribution in [0.25, 0.3) is 5.65 Å². The second-order valence-corrected chi connectivity index (χ2v) is 6.37. The van der Waals surface area contributed by atoms with Gasteiger partial charge in [0.2, 0.25) is 0 Å². The van der Waals surface area contributed by atoms with Gasteiger partial charge in [0.25, 0.3) is 5.56 Å². The van der Waals surface area contributed by atoms with Gasteiger partial charge in [-0.15, -0.1) is 0 Å². The van der Waals surface area contributed by atoms with E-state index in [4.69, 9.17) is 4.74 Å². The number of aryl methyl sites for hydroxylation is 1. The molecule has 124 valence electrons. The Kier molecular flexibility index (Phi) is 3.65. The van der Waals surface area contributed by atoms with Crippen molar-refractivity contribution in [1.82, 2.24) is 24.1 Å². The Morgan fingerprint density at radius 3 is 2.96 bits per heavy atom. The first-order valence-corrected chi connectivity index (χ1v) is 8.07. The quantitative estimate of drug-likeness (QED) is 0.719. The van der Waals surface area contributed by atoms with E-state index in [1.165, 1.54) is 4.40 Å². The highest BCUT2D eigenvalue weighted by molar-refractivity contribution is 5.36. The predicted molar refractivity (Wildman–Crippen MR) is 87.7 cm³/mol. The molecule has 3 atom stereocenters. The van der Waals surface area contributed by atoms with Crippen LogP contribution in [0.4, 0.5) is 0 Å². The molecule has 0 N–H and O–H groups in total. The summed E-state index contributed by atoms with van der Waals surface area (Å²) in [5.41, 5.74) is 2.39. The minimum absolute atomic E-state index is 0.0263. The highest BCUT2D eigenvalue weighted by Gasteiger charge is 2.31. The number of hydrogen-bond acceptors (Lipinski definition) is 5. The van der Waals surface area contributed by atoms with Crippen LogP contribution < -0.4 is 5.56 Å². The van der Waals surface area contributed by atoms with Crippen molar-refractivity contribution < 1.29 is 4.74 Å². The Balaban J connectivity index is 1.69. The van der Waals surface area contributed by atoms with E-state index in [9.17, 15) is 4.79 Å². The molecule has 0 bridgehead atoms. The van der Waals surface area contributed by atoms with E-state index in [0.29, 0.717) is 5.65 Å². The van der Waals surface area contributed by atoms with Crippen molar-refractivity contribution in [3.8, 4) is 0 Å². The molecule has 1 saturated heterocycles.